The highest BCUT2D eigenvalue weighted by molar-refractivity contribution is 7.15. The number of thiophene rings is 1. The molecule has 0 spiro atoms. The standard InChI is InChI=1S/C20H28N2O2S/c1-5-11-22(12-6-2)20(23)18-17(13-25-19(18)21)15-7-9-16(10-8-15)24-14(3)4/h7-10,13-14H,5-6,11-12,21H2,1-4H3. The Morgan fingerprint density at radius 3 is 2.28 bits per heavy atom. The number of nitrogens with zero attached hydrogens (tertiary/aromatic N) is 1. The molecule has 0 bridgehead atoms. The van der Waals surface area contributed by atoms with Crippen LogP contribution in [-0.2, 0) is 0 Å². The molecule has 0 fully saturated rings. The van der Waals surface area contributed by atoms with Gasteiger partial charge in [0.1, 0.15) is 5.75 Å². The highest BCUT2D eigenvalue weighted by Gasteiger charge is 2.23. The molecule has 136 valence electrons. The van der Waals surface area contributed by atoms with E-state index >= 15 is 0 Å². The van der Waals surface area contributed by atoms with Gasteiger partial charge < -0.3 is 15.4 Å². The van der Waals surface area contributed by atoms with Crippen molar-refractivity contribution in [2.45, 2.75) is 46.6 Å². The third kappa shape index (κ3) is 4.75. The van der Waals surface area contributed by atoms with Gasteiger partial charge >= 0.3 is 0 Å². The topological polar surface area (TPSA) is 55.6 Å². The summed E-state index contributed by atoms with van der Waals surface area (Å²) in [5.74, 6) is 0.855. The number of ether oxygens (including phenoxy) is 1. The second-order valence-corrected chi connectivity index (χ2v) is 7.28. The fraction of sp³-hybridized carbons (Fsp3) is 0.450. The molecule has 0 aliphatic carbocycles. The molecule has 0 unspecified atom stereocenters. The molecule has 2 rings (SSSR count). The van der Waals surface area contributed by atoms with Gasteiger partial charge in [0.25, 0.3) is 5.91 Å². The van der Waals surface area contributed by atoms with E-state index in [9.17, 15) is 4.79 Å². The number of carbonyl (C=O) groups excluding carboxylic acids is 1. The molecule has 1 heterocycles. The van der Waals surface area contributed by atoms with Crippen LogP contribution in [0.15, 0.2) is 29.6 Å². The van der Waals surface area contributed by atoms with Crippen LogP contribution >= 0.6 is 11.3 Å². The van der Waals surface area contributed by atoms with Crippen molar-refractivity contribution in [2.75, 3.05) is 18.8 Å². The quantitative estimate of drug-likeness (QED) is 0.717. The van der Waals surface area contributed by atoms with Crippen molar-refractivity contribution in [3.63, 3.8) is 0 Å². The number of carbonyl (C=O) groups is 1. The highest BCUT2D eigenvalue weighted by Crippen LogP contribution is 2.35. The number of hydrogen-bond donors (Lipinski definition) is 1. The molecule has 0 saturated heterocycles. The number of hydrogen-bond acceptors (Lipinski definition) is 4. The van der Waals surface area contributed by atoms with Crippen molar-refractivity contribution in [1.29, 1.82) is 0 Å². The van der Waals surface area contributed by atoms with E-state index in [1.165, 1.54) is 11.3 Å². The Bertz CT molecular complexity index is 686. The molecule has 2 N–H and O–H groups in total. The molecule has 1 amide bonds. The van der Waals surface area contributed by atoms with Crippen LogP contribution in [-0.4, -0.2) is 30.0 Å². The Morgan fingerprint density at radius 2 is 1.76 bits per heavy atom. The molecule has 0 aliphatic rings. The van der Waals surface area contributed by atoms with Crippen LogP contribution < -0.4 is 10.5 Å². The van der Waals surface area contributed by atoms with E-state index in [1.807, 2.05) is 48.4 Å². The zero-order valence-corrected chi connectivity index (χ0v) is 16.4. The van der Waals surface area contributed by atoms with Crippen LogP contribution in [0.2, 0.25) is 0 Å². The van der Waals surface area contributed by atoms with E-state index in [2.05, 4.69) is 13.8 Å². The summed E-state index contributed by atoms with van der Waals surface area (Å²) in [6, 6.07) is 7.85. The van der Waals surface area contributed by atoms with Crippen molar-refractivity contribution < 1.29 is 9.53 Å². The van der Waals surface area contributed by atoms with Gasteiger partial charge in [-0.3, -0.25) is 4.79 Å². The molecule has 0 atom stereocenters. The second-order valence-electron chi connectivity index (χ2n) is 6.37. The smallest absolute Gasteiger partial charge is 0.257 e. The second kappa shape index (κ2) is 8.90. The number of rotatable bonds is 8. The van der Waals surface area contributed by atoms with Crippen molar-refractivity contribution in [1.82, 2.24) is 4.90 Å². The minimum absolute atomic E-state index is 0.0277. The lowest BCUT2D eigenvalue weighted by molar-refractivity contribution is 0.0758. The summed E-state index contributed by atoms with van der Waals surface area (Å²) >= 11 is 1.42. The van der Waals surface area contributed by atoms with Crippen molar-refractivity contribution in [2.24, 2.45) is 0 Å². The number of nitrogen functional groups attached to an aromatic ring is 1. The largest absolute Gasteiger partial charge is 0.491 e. The Kier molecular flexibility index (Phi) is 6.88. The zero-order chi connectivity index (χ0) is 18.4. The van der Waals surface area contributed by atoms with Gasteiger partial charge in [0.2, 0.25) is 0 Å². The van der Waals surface area contributed by atoms with E-state index in [0.717, 1.165) is 42.8 Å². The van der Waals surface area contributed by atoms with Gasteiger partial charge in [-0.05, 0) is 44.4 Å². The fourth-order valence-corrected chi connectivity index (χ4v) is 3.62. The Balaban J connectivity index is 2.33. The average molecular weight is 361 g/mol. The Hall–Kier alpha value is -2.01. The number of anilines is 1. The highest BCUT2D eigenvalue weighted by atomic mass is 32.1. The fourth-order valence-electron chi connectivity index (χ4n) is 2.80. The van der Waals surface area contributed by atoms with Crippen molar-refractivity contribution in [3.8, 4) is 16.9 Å². The first kappa shape index (κ1) is 19.3. The molecule has 25 heavy (non-hydrogen) atoms. The van der Waals surface area contributed by atoms with Crippen molar-refractivity contribution in [3.05, 3.63) is 35.2 Å². The van der Waals surface area contributed by atoms with E-state index in [4.69, 9.17) is 10.5 Å². The van der Waals surface area contributed by atoms with Crippen LogP contribution in [0.5, 0.6) is 5.75 Å². The summed E-state index contributed by atoms with van der Waals surface area (Å²) in [4.78, 5) is 14.9. The lowest BCUT2D eigenvalue weighted by Crippen LogP contribution is -2.33. The monoisotopic (exact) mass is 360 g/mol. The van der Waals surface area contributed by atoms with Gasteiger partial charge in [-0.1, -0.05) is 26.0 Å². The molecule has 1 aromatic carbocycles. The van der Waals surface area contributed by atoms with Gasteiger partial charge in [0.05, 0.1) is 16.7 Å². The third-order valence-electron chi connectivity index (χ3n) is 3.84. The van der Waals surface area contributed by atoms with E-state index in [0.29, 0.717) is 10.6 Å². The third-order valence-corrected chi connectivity index (χ3v) is 4.66. The van der Waals surface area contributed by atoms with Crippen LogP contribution in [0.25, 0.3) is 11.1 Å². The number of nitrogens with two attached hydrogens (primary N) is 1. The predicted octanol–water partition coefficient (Wildman–Crippen LogP) is 5.05. The van der Waals surface area contributed by atoms with Crippen LogP contribution in [0.4, 0.5) is 5.00 Å². The van der Waals surface area contributed by atoms with Gasteiger partial charge in [-0.25, -0.2) is 0 Å². The first-order chi connectivity index (χ1) is 12.0. The lowest BCUT2D eigenvalue weighted by atomic mass is 10.0. The number of amides is 1. The molecule has 5 heteroatoms. The first-order valence-corrected chi connectivity index (χ1v) is 9.79. The van der Waals surface area contributed by atoms with Gasteiger partial charge in [-0.15, -0.1) is 11.3 Å². The van der Waals surface area contributed by atoms with Gasteiger partial charge in [0.15, 0.2) is 0 Å². The minimum atomic E-state index is 0.0277. The maximum Gasteiger partial charge on any atom is 0.257 e. The molecular formula is C20H28N2O2S. The number of benzene rings is 1. The maximum atomic E-state index is 13.0. The first-order valence-electron chi connectivity index (χ1n) is 8.91. The van der Waals surface area contributed by atoms with Gasteiger partial charge in [0, 0.05) is 24.0 Å². The maximum absolute atomic E-state index is 13.0. The normalized spacial score (nSPS) is 10.9. The van der Waals surface area contributed by atoms with Crippen LogP contribution in [0.3, 0.4) is 0 Å². The van der Waals surface area contributed by atoms with E-state index < -0.39 is 0 Å². The molecule has 0 radical (unpaired) electrons. The predicted molar refractivity (Wildman–Crippen MR) is 106 cm³/mol. The van der Waals surface area contributed by atoms with E-state index in [-0.39, 0.29) is 12.0 Å². The van der Waals surface area contributed by atoms with Crippen LogP contribution in [0.1, 0.15) is 50.9 Å². The molecular weight excluding hydrogens is 332 g/mol. The zero-order valence-electron chi connectivity index (χ0n) is 15.5. The summed E-state index contributed by atoms with van der Waals surface area (Å²) in [5, 5.41) is 2.55. The summed E-state index contributed by atoms with van der Waals surface area (Å²) < 4.78 is 5.69. The average Bonchev–Trinajstić information content (AvgIpc) is 2.96. The van der Waals surface area contributed by atoms with Gasteiger partial charge in [-0.2, -0.15) is 0 Å². The molecule has 0 aliphatic heterocycles. The van der Waals surface area contributed by atoms with Crippen LogP contribution in [0, 0.1) is 0 Å². The molecule has 0 saturated carbocycles. The summed E-state index contributed by atoms with van der Waals surface area (Å²) in [6.07, 6.45) is 2.01. The summed E-state index contributed by atoms with van der Waals surface area (Å²) in [5.41, 5.74) is 8.67. The molecule has 4 nitrogen and oxygen atoms in total. The Labute approximate surface area is 154 Å². The van der Waals surface area contributed by atoms with Crippen molar-refractivity contribution >= 4 is 22.2 Å². The SMILES string of the molecule is CCCN(CCC)C(=O)c1c(-c2ccc(OC(C)C)cc2)csc1N. The molecule has 1 aromatic heterocycles. The summed E-state index contributed by atoms with van der Waals surface area (Å²) in [6.45, 7) is 9.67. The molecule has 2 aromatic rings. The Morgan fingerprint density at radius 1 is 1.16 bits per heavy atom. The minimum Gasteiger partial charge on any atom is -0.491 e. The van der Waals surface area contributed by atoms with E-state index in [1.54, 1.807) is 0 Å². The lowest BCUT2D eigenvalue weighted by Gasteiger charge is -2.22. The summed E-state index contributed by atoms with van der Waals surface area (Å²) in [7, 11) is 0.